The van der Waals surface area contributed by atoms with Gasteiger partial charge in [-0.15, -0.1) is 0 Å². The lowest BCUT2D eigenvalue weighted by Crippen LogP contribution is -2.50. The van der Waals surface area contributed by atoms with Gasteiger partial charge >= 0.3 is 0 Å². The molecular formula is C15H28N2OS. The van der Waals surface area contributed by atoms with E-state index in [0.29, 0.717) is 4.99 Å². The average molecular weight is 284 g/mol. The Hall–Kier alpha value is -0.640. The van der Waals surface area contributed by atoms with Gasteiger partial charge in [0, 0.05) is 13.1 Å². The van der Waals surface area contributed by atoms with Gasteiger partial charge in [-0.1, -0.05) is 51.2 Å². The molecule has 0 saturated heterocycles. The van der Waals surface area contributed by atoms with Crippen LogP contribution >= 0.6 is 12.2 Å². The monoisotopic (exact) mass is 284 g/mol. The second kappa shape index (κ2) is 7.83. The van der Waals surface area contributed by atoms with E-state index in [1.54, 1.807) is 0 Å². The van der Waals surface area contributed by atoms with Gasteiger partial charge in [-0.05, 0) is 26.2 Å². The topological polar surface area (TPSA) is 46.3 Å². The molecule has 0 bridgehead atoms. The molecule has 3 nitrogen and oxygen atoms in total. The molecule has 0 aromatic carbocycles. The lowest BCUT2D eigenvalue weighted by atomic mass is 9.78. The highest BCUT2D eigenvalue weighted by atomic mass is 32.1. The third-order valence-electron chi connectivity index (χ3n) is 4.29. The number of nitrogens with two attached hydrogens (primary N) is 1. The summed E-state index contributed by atoms with van der Waals surface area (Å²) in [5.41, 5.74) is 5.42. The van der Waals surface area contributed by atoms with Gasteiger partial charge in [0.25, 0.3) is 0 Å². The second-order valence-electron chi connectivity index (χ2n) is 5.60. The summed E-state index contributed by atoms with van der Waals surface area (Å²) in [6, 6.07) is 0. The summed E-state index contributed by atoms with van der Waals surface area (Å²) < 4.78 is 0. The summed E-state index contributed by atoms with van der Waals surface area (Å²) in [4.78, 5) is 15.3. The first kappa shape index (κ1) is 16.4. The van der Waals surface area contributed by atoms with Crippen LogP contribution < -0.4 is 5.73 Å². The average Bonchev–Trinajstić information content (AvgIpc) is 2.65. The van der Waals surface area contributed by atoms with Crippen molar-refractivity contribution in [3.8, 4) is 0 Å². The van der Waals surface area contributed by atoms with E-state index in [9.17, 15) is 4.79 Å². The quantitative estimate of drug-likeness (QED) is 0.601. The Kier molecular flexibility index (Phi) is 6.76. The van der Waals surface area contributed by atoms with Crippen LogP contribution in [0.3, 0.4) is 0 Å². The number of carbonyl (C=O) groups excluding carboxylic acids is 1. The first-order chi connectivity index (χ1) is 9.08. The summed E-state index contributed by atoms with van der Waals surface area (Å²) in [6.07, 6.45) is 8.34. The number of rotatable bonds is 6. The standard InChI is InChI=1S/C15H28N2OS/c1-3-5-12-17(4-2)14(18)15(13(16)19)10-8-6-7-9-11-15/h3-12H2,1-2H3,(H2,16,19). The van der Waals surface area contributed by atoms with Crippen molar-refractivity contribution >= 4 is 23.1 Å². The van der Waals surface area contributed by atoms with Crippen LogP contribution in [-0.2, 0) is 4.79 Å². The fraction of sp³-hybridized carbons (Fsp3) is 0.867. The Morgan fingerprint density at radius 3 is 2.21 bits per heavy atom. The van der Waals surface area contributed by atoms with Crippen LogP contribution in [0.15, 0.2) is 0 Å². The van der Waals surface area contributed by atoms with Crippen LogP contribution in [0.1, 0.15) is 65.2 Å². The van der Waals surface area contributed by atoms with E-state index in [1.165, 1.54) is 12.8 Å². The van der Waals surface area contributed by atoms with Gasteiger partial charge < -0.3 is 10.6 Å². The number of unbranched alkanes of at least 4 members (excludes halogenated alkanes) is 1. The maximum atomic E-state index is 12.9. The lowest BCUT2D eigenvalue weighted by Gasteiger charge is -2.35. The van der Waals surface area contributed by atoms with Crippen LogP contribution in [-0.4, -0.2) is 28.9 Å². The molecule has 2 N–H and O–H groups in total. The number of nitrogens with zero attached hydrogens (tertiary/aromatic N) is 1. The Balaban J connectivity index is 2.89. The van der Waals surface area contributed by atoms with Crippen molar-refractivity contribution < 1.29 is 4.79 Å². The highest BCUT2D eigenvalue weighted by Crippen LogP contribution is 2.37. The SMILES string of the molecule is CCCCN(CC)C(=O)C1(C(N)=S)CCCCCC1. The predicted molar refractivity (Wildman–Crippen MR) is 84.1 cm³/mol. The molecule has 0 aliphatic heterocycles. The van der Waals surface area contributed by atoms with Gasteiger partial charge in [0.2, 0.25) is 5.91 Å². The second-order valence-corrected chi connectivity index (χ2v) is 6.04. The molecule has 0 spiro atoms. The fourth-order valence-electron chi connectivity index (χ4n) is 2.95. The molecule has 1 aliphatic carbocycles. The van der Waals surface area contributed by atoms with Gasteiger partial charge in [0.1, 0.15) is 0 Å². The molecule has 1 fully saturated rings. The maximum Gasteiger partial charge on any atom is 0.235 e. The minimum Gasteiger partial charge on any atom is -0.392 e. The van der Waals surface area contributed by atoms with E-state index < -0.39 is 5.41 Å². The molecule has 0 heterocycles. The summed E-state index contributed by atoms with van der Waals surface area (Å²) in [5, 5.41) is 0. The molecule has 19 heavy (non-hydrogen) atoms. The van der Waals surface area contributed by atoms with Gasteiger partial charge in [0.15, 0.2) is 0 Å². The van der Waals surface area contributed by atoms with Crippen LogP contribution in [0.4, 0.5) is 0 Å². The minimum absolute atomic E-state index is 0.179. The van der Waals surface area contributed by atoms with Crippen LogP contribution in [0.5, 0.6) is 0 Å². The van der Waals surface area contributed by atoms with Crippen molar-refractivity contribution in [2.75, 3.05) is 13.1 Å². The lowest BCUT2D eigenvalue weighted by molar-refractivity contribution is -0.138. The predicted octanol–water partition coefficient (Wildman–Crippen LogP) is 3.26. The molecule has 4 heteroatoms. The van der Waals surface area contributed by atoms with Gasteiger partial charge in [-0.2, -0.15) is 0 Å². The third-order valence-corrected chi connectivity index (χ3v) is 4.68. The largest absolute Gasteiger partial charge is 0.392 e. The molecule has 1 aliphatic rings. The van der Waals surface area contributed by atoms with E-state index in [-0.39, 0.29) is 5.91 Å². The van der Waals surface area contributed by atoms with E-state index in [2.05, 4.69) is 6.92 Å². The van der Waals surface area contributed by atoms with E-state index in [1.807, 2.05) is 11.8 Å². The van der Waals surface area contributed by atoms with Crippen LogP contribution in [0.25, 0.3) is 0 Å². The normalized spacial score (nSPS) is 18.6. The van der Waals surface area contributed by atoms with E-state index in [0.717, 1.165) is 51.6 Å². The molecule has 1 rings (SSSR count). The Labute approximate surface area is 122 Å². The molecule has 0 aromatic rings. The number of hydrogen-bond acceptors (Lipinski definition) is 2. The molecule has 0 atom stereocenters. The molecule has 1 saturated carbocycles. The van der Waals surface area contributed by atoms with Gasteiger partial charge in [-0.25, -0.2) is 0 Å². The number of amides is 1. The third kappa shape index (κ3) is 3.91. The number of carbonyl (C=O) groups is 1. The fourth-order valence-corrected chi connectivity index (χ4v) is 3.24. The Bertz CT molecular complexity index is 309. The zero-order chi connectivity index (χ0) is 14.3. The first-order valence-corrected chi connectivity index (χ1v) is 8.08. The maximum absolute atomic E-state index is 12.9. The summed E-state index contributed by atoms with van der Waals surface area (Å²) in [6.45, 7) is 5.77. The zero-order valence-electron chi connectivity index (χ0n) is 12.4. The van der Waals surface area contributed by atoms with Crippen molar-refractivity contribution in [2.24, 2.45) is 11.1 Å². The number of hydrogen-bond donors (Lipinski definition) is 1. The Morgan fingerprint density at radius 1 is 1.21 bits per heavy atom. The highest BCUT2D eigenvalue weighted by Gasteiger charge is 2.43. The highest BCUT2D eigenvalue weighted by molar-refractivity contribution is 7.80. The molecule has 0 radical (unpaired) electrons. The van der Waals surface area contributed by atoms with Crippen molar-refractivity contribution in [1.82, 2.24) is 4.90 Å². The molecular weight excluding hydrogens is 256 g/mol. The summed E-state index contributed by atoms with van der Waals surface area (Å²) in [7, 11) is 0. The van der Waals surface area contributed by atoms with Gasteiger partial charge in [0.05, 0.1) is 10.4 Å². The number of thiocarbonyl (C=S) groups is 1. The van der Waals surface area contributed by atoms with Gasteiger partial charge in [-0.3, -0.25) is 4.79 Å². The summed E-state index contributed by atoms with van der Waals surface area (Å²) >= 11 is 5.27. The zero-order valence-corrected chi connectivity index (χ0v) is 13.2. The van der Waals surface area contributed by atoms with Crippen molar-refractivity contribution in [2.45, 2.75) is 65.2 Å². The van der Waals surface area contributed by atoms with E-state index >= 15 is 0 Å². The first-order valence-electron chi connectivity index (χ1n) is 7.67. The molecule has 110 valence electrons. The summed E-state index contributed by atoms with van der Waals surface area (Å²) in [5.74, 6) is 0.179. The van der Waals surface area contributed by atoms with Crippen molar-refractivity contribution in [1.29, 1.82) is 0 Å². The molecule has 0 unspecified atom stereocenters. The smallest absolute Gasteiger partial charge is 0.235 e. The van der Waals surface area contributed by atoms with E-state index in [4.69, 9.17) is 18.0 Å². The molecule has 0 aromatic heterocycles. The van der Waals surface area contributed by atoms with Crippen LogP contribution in [0, 0.1) is 5.41 Å². The minimum atomic E-state index is -0.560. The Morgan fingerprint density at radius 2 is 1.79 bits per heavy atom. The van der Waals surface area contributed by atoms with Crippen LogP contribution in [0.2, 0.25) is 0 Å². The van der Waals surface area contributed by atoms with Crippen molar-refractivity contribution in [3.63, 3.8) is 0 Å². The molecule has 1 amide bonds. The van der Waals surface area contributed by atoms with Crippen molar-refractivity contribution in [3.05, 3.63) is 0 Å².